The number of thioether (sulfide) groups is 1. The number of hydrogen-bond acceptors (Lipinski definition) is 6. The molecule has 0 atom stereocenters. The molecule has 0 spiro atoms. The van der Waals surface area contributed by atoms with Gasteiger partial charge in [-0.1, -0.05) is 67.8 Å². The summed E-state index contributed by atoms with van der Waals surface area (Å²) in [7, 11) is 0. The van der Waals surface area contributed by atoms with Gasteiger partial charge in [-0.3, -0.25) is 10.1 Å². The van der Waals surface area contributed by atoms with Crippen molar-refractivity contribution in [3.8, 4) is 5.75 Å². The fourth-order valence-electron chi connectivity index (χ4n) is 2.81. The lowest BCUT2D eigenvalue weighted by molar-refractivity contribution is 0.102. The lowest BCUT2D eigenvalue weighted by Crippen LogP contribution is -2.11. The van der Waals surface area contributed by atoms with Gasteiger partial charge in [-0.25, -0.2) is 4.39 Å². The molecule has 31 heavy (non-hydrogen) atoms. The van der Waals surface area contributed by atoms with Crippen LogP contribution in [0, 0.1) is 5.82 Å². The smallest absolute Gasteiger partial charge is 0.257 e. The van der Waals surface area contributed by atoms with Crippen LogP contribution < -0.4 is 10.1 Å². The molecule has 1 N–H and O–H groups in total. The highest BCUT2D eigenvalue weighted by atomic mass is 32.2. The Morgan fingerprint density at radius 3 is 2.52 bits per heavy atom. The highest BCUT2D eigenvalue weighted by Gasteiger charge is 2.11. The lowest BCUT2D eigenvalue weighted by atomic mass is 10.2. The number of nitrogens with one attached hydrogen (secondary N) is 1. The number of carbonyl (C=O) groups excluding carboxylic acids is 1. The van der Waals surface area contributed by atoms with E-state index in [0.29, 0.717) is 23.1 Å². The molecule has 1 amide bonds. The monoisotopic (exact) mass is 459 g/mol. The van der Waals surface area contributed by atoms with E-state index in [1.807, 2.05) is 12.1 Å². The molecule has 0 aliphatic rings. The number of amides is 1. The Morgan fingerprint density at radius 1 is 1.03 bits per heavy atom. The third-order valence-electron chi connectivity index (χ3n) is 4.54. The van der Waals surface area contributed by atoms with Crippen LogP contribution >= 0.6 is 23.1 Å². The molecule has 1 aromatic heterocycles. The van der Waals surface area contributed by atoms with E-state index in [-0.39, 0.29) is 11.7 Å². The Balaban J connectivity index is 1.43. The van der Waals surface area contributed by atoms with E-state index in [4.69, 9.17) is 4.74 Å². The summed E-state index contributed by atoms with van der Waals surface area (Å²) in [5, 5.41) is 11.3. The normalized spacial score (nSPS) is 10.8. The number of nitrogens with zero attached hydrogens (tertiary/aromatic N) is 2. The molecule has 8 heteroatoms. The second kappa shape index (κ2) is 12.4. The fourth-order valence-corrected chi connectivity index (χ4v) is 4.51. The second-order valence-electron chi connectivity index (χ2n) is 7.03. The Labute approximate surface area is 190 Å². The minimum atomic E-state index is -0.253. The quantitative estimate of drug-likeness (QED) is 0.188. The number of carbonyl (C=O) groups is 1. The maximum atomic E-state index is 13.0. The minimum absolute atomic E-state index is 0.239. The number of anilines is 1. The molecule has 0 radical (unpaired) electrons. The van der Waals surface area contributed by atoms with Crippen molar-refractivity contribution < 1.29 is 13.9 Å². The topological polar surface area (TPSA) is 64.1 Å². The van der Waals surface area contributed by atoms with E-state index in [1.54, 1.807) is 24.3 Å². The molecule has 3 rings (SSSR count). The molecule has 0 saturated heterocycles. The van der Waals surface area contributed by atoms with Gasteiger partial charge in [0.1, 0.15) is 11.6 Å². The fraction of sp³-hybridized carbons (Fsp3) is 0.348. The van der Waals surface area contributed by atoms with Crippen molar-refractivity contribution in [1.29, 1.82) is 0 Å². The minimum Gasteiger partial charge on any atom is -0.494 e. The third kappa shape index (κ3) is 7.95. The lowest BCUT2D eigenvalue weighted by Gasteiger charge is -2.07. The summed E-state index contributed by atoms with van der Waals surface area (Å²) in [4.78, 5) is 12.5. The third-order valence-corrected chi connectivity index (χ3v) is 6.58. The van der Waals surface area contributed by atoms with Crippen LogP contribution in [-0.2, 0) is 5.75 Å². The number of unbranched alkanes of at least 4 members (excludes halogenated alkanes) is 4. The zero-order valence-electron chi connectivity index (χ0n) is 17.5. The van der Waals surface area contributed by atoms with Crippen LogP contribution in [0.5, 0.6) is 5.75 Å². The number of rotatable bonds is 12. The maximum absolute atomic E-state index is 13.0. The summed E-state index contributed by atoms with van der Waals surface area (Å²) in [5.74, 6) is 0.930. The summed E-state index contributed by atoms with van der Waals surface area (Å²) < 4.78 is 19.4. The first-order valence-electron chi connectivity index (χ1n) is 10.4. The van der Waals surface area contributed by atoms with Crippen molar-refractivity contribution in [2.75, 3.05) is 11.9 Å². The van der Waals surface area contributed by atoms with Gasteiger partial charge in [0.15, 0.2) is 4.34 Å². The van der Waals surface area contributed by atoms with E-state index in [0.717, 1.165) is 22.1 Å². The number of ether oxygens (including phenoxy) is 1. The van der Waals surface area contributed by atoms with Gasteiger partial charge in [0.05, 0.1) is 6.61 Å². The average molecular weight is 460 g/mol. The van der Waals surface area contributed by atoms with Crippen molar-refractivity contribution in [1.82, 2.24) is 10.2 Å². The van der Waals surface area contributed by atoms with E-state index in [1.165, 1.54) is 60.9 Å². The number of benzene rings is 2. The van der Waals surface area contributed by atoms with Crippen molar-refractivity contribution in [3.05, 3.63) is 65.5 Å². The van der Waals surface area contributed by atoms with Crippen molar-refractivity contribution in [3.63, 3.8) is 0 Å². The summed E-state index contributed by atoms with van der Waals surface area (Å²) in [6.45, 7) is 2.89. The maximum Gasteiger partial charge on any atom is 0.257 e. The van der Waals surface area contributed by atoms with Gasteiger partial charge in [0.25, 0.3) is 5.91 Å². The van der Waals surface area contributed by atoms with E-state index in [2.05, 4.69) is 22.4 Å². The molecule has 0 unspecified atom stereocenters. The SMILES string of the molecule is CCCCCCCOc1ccc(C(=O)Nc2nnc(SCc3ccc(F)cc3)s2)cc1. The molecule has 0 bridgehead atoms. The van der Waals surface area contributed by atoms with Gasteiger partial charge in [-0.2, -0.15) is 0 Å². The van der Waals surface area contributed by atoms with Crippen LogP contribution in [0.3, 0.4) is 0 Å². The first-order valence-corrected chi connectivity index (χ1v) is 12.2. The highest BCUT2D eigenvalue weighted by molar-refractivity contribution is 8.00. The Morgan fingerprint density at radius 2 is 1.77 bits per heavy atom. The highest BCUT2D eigenvalue weighted by Crippen LogP contribution is 2.28. The zero-order valence-corrected chi connectivity index (χ0v) is 19.1. The van der Waals surface area contributed by atoms with Gasteiger partial charge >= 0.3 is 0 Å². The van der Waals surface area contributed by atoms with Crippen LogP contribution in [0.4, 0.5) is 9.52 Å². The number of hydrogen-bond donors (Lipinski definition) is 1. The van der Waals surface area contributed by atoms with Gasteiger partial charge in [0.2, 0.25) is 5.13 Å². The number of halogens is 1. The number of aromatic nitrogens is 2. The molecule has 164 valence electrons. The van der Waals surface area contributed by atoms with Crippen LogP contribution in [0.1, 0.15) is 54.9 Å². The summed E-state index contributed by atoms with van der Waals surface area (Å²) in [5.41, 5.74) is 1.53. The second-order valence-corrected chi connectivity index (χ2v) is 9.23. The first kappa shape index (κ1) is 23.2. The molecular weight excluding hydrogens is 433 g/mol. The van der Waals surface area contributed by atoms with E-state index in [9.17, 15) is 9.18 Å². The van der Waals surface area contributed by atoms with Gasteiger partial charge in [0, 0.05) is 11.3 Å². The Kier molecular flexibility index (Phi) is 9.30. The van der Waals surface area contributed by atoms with Gasteiger partial charge < -0.3 is 4.74 Å². The Hall–Kier alpha value is -2.45. The van der Waals surface area contributed by atoms with E-state index >= 15 is 0 Å². The average Bonchev–Trinajstić information content (AvgIpc) is 3.23. The van der Waals surface area contributed by atoms with Crippen molar-refractivity contribution in [2.45, 2.75) is 49.1 Å². The summed E-state index contributed by atoms with van der Waals surface area (Å²) in [6, 6.07) is 13.5. The summed E-state index contributed by atoms with van der Waals surface area (Å²) in [6.07, 6.45) is 5.97. The molecule has 0 fully saturated rings. The molecule has 3 aromatic rings. The van der Waals surface area contributed by atoms with E-state index < -0.39 is 0 Å². The molecule has 2 aromatic carbocycles. The molecule has 5 nitrogen and oxygen atoms in total. The van der Waals surface area contributed by atoms with Crippen LogP contribution in [0.25, 0.3) is 0 Å². The molecule has 0 saturated carbocycles. The van der Waals surface area contributed by atoms with Crippen LogP contribution in [0.15, 0.2) is 52.9 Å². The van der Waals surface area contributed by atoms with Crippen molar-refractivity contribution >= 4 is 34.1 Å². The molecular formula is C23H26FN3O2S2. The Bertz CT molecular complexity index is 946. The van der Waals surface area contributed by atoms with Crippen LogP contribution in [-0.4, -0.2) is 22.7 Å². The first-order chi connectivity index (χ1) is 15.1. The molecule has 0 aliphatic carbocycles. The molecule has 1 heterocycles. The molecule has 0 aliphatic heterocycles. The predicted molar refractivity (Wildman–Crippen MR) is 125 cm³/mol. The van der Waals surface area contributed by atoms with Crippen LogP contribution in [0.2, 0.25) is 0 Å². The van der Waals surface area contributed by atoms with Gasteiger partial charge in [-0.05, 0) is 48.4 Å². The zero-order chi connectivity index (χ0) is 21.9. The largest absolute Gasteiger partial charge is 0.494 e. The van der Waals surface area contributed by atoms with Gasteiger partial charge in [-0.15, -0.1) is 10.2 Å². The predicted octanol–water partition coefficient (Wildman–Crippen LogP) is 6.57. The van der Waals surface area contributed by atoms with Crippen molar-refractivity contribution in [2.24, 2.45) is 0 Å². The summed E-state index contributed by atoms with van der Waals surface area (Å²) >= 11 is 2.80. The standard InChI is InChI=1S/C23H26FN3O2S2/c1-2-3-4-5-6-15-29-20-13-9-18(10-14-20)21(28)25-22-26-27-23(31-22)30-16-17-7-11-19(24)12-8-17/h7-14H,2-6,15-16H2,1H3,(H,25,26,28).